The number of aromatic nitrogens is 2. The van der Waals surface area contributed by atoms with Crippen LogP contribution in [0.25, 0.3) is 0 Å². The number of methoxy groups -OCH3 is 1. The molecule has 1 fully saturated rings. The topological polar surface area (TPSA) is 113 Å². The van der Waals surface area contributed by atoms with Gasteiger partial charge in [-0.25, -0.2) is 4.98 Å². The molecule has 32 heavy (non-hydrogen) atoms. The molecule has 10 nitrogen and oxygen atoms in total. The average molecular weight is 434 g/mol. The summed E-state index contributed by atoms with van der Waals surface area (Å²) >= 11 is 0. The van der Waals surface area contributed by atoms with Crippen LogP contribution in [-0.2, 0) is 6.54 Å². The number of ether oxygens (including phenoxy) is 1. The second-order valence-electron chi connectivity index (χ2n) is 7.47. The summed E-state index contributed by atoms with van der Waals surface area (Å²) in [5, 5.41) is 6.14. The lowest BCUT2D eigenvalue weighted by molar-refractivity contribution is 0.0970. The molecule has 3 aromatic rings. The number of nitrogens with one attached hydrogen (secondary N) is 2. The number of hydrogen-bond acceptors (Lipinski definition) is 8. The molecule has 1 aromatic carbocycles. The van der Waals surface area contributed by atoms with E-state index < -0.39 is 5.91 Å². The molecule has 0 atom stereocenters. The molecule has 2 amide bonds. The second kappa shape index (κ2) is 8.31. The molecule has 5 rings (SSSR count). The predicted octanol–water partition coefficient (Wildman–Crippen LogP) is 1.90. The summed E-state index contributed by atoms with van der Waals surface area (Å²) < 4.78 is 11.0. The number of pyridine rings is 1. The second-order valence-corrected chi connectivity index (χ2v) is 7.47. The van der Waals surface area contributed by atoms with Gasteiger partial charge in [-0.3, -0.25) is 19.5 Å². The minimum Gasteiger partial charge on any atom is -0.496 e. The summed E-state index contributed by atoms with van der Waals surface area (Å²) in [5.41, 5.74) is 2.79. The van der Waals surface area contributed by atoms with Gasteiger partial charge in [-0.2, -0.15) is 0 Å². The number of fused-ring (bicyclic) bond motifs is 1. The van der Waals surface area contributed by atoms with Gasteiger partial charge in [0.1, 0.15) is 5.75 Å². The van der Waals surface area contributed by atoms with Gasteiger partial charge in [0.05, 0.1) is 43.0 Å². The molecule has 0 bridgehead atoms. The van der Waals surface area contributed by atoms with E-state index in [0.717, 1.165) is 37.4 Å². The van der Waals surface area contributed by atoms with E-state index in [1.807, 2.05) is 18.2 Å². The highest BCUT2D eigenvalue weighted by atomic mass is 16.5. The third-order valence-corrected chi connectivity index (χ3v) is 5.58. The van der Waals surface area contributed by atoms with E-state index in [9.17, 15) is 9.59 Å². The van der Waals surface area contributed by atoms with Gasteiger partial charge in [-0.15, -0.1) is 0 Å². The van der Waals surface area contributed by atoms with Crippen molar-refractivity contribution in [1.29, 1.82) is 0 Å². The van der Waals surface area contributed by atoms with Gasteiger partial charge in [0.15, 0.2) is 0 Å². The Morgan fingerprint density at radius 1 is 1.22 bits per heavy atom. The summed E-state index contributed by atoms with van der Waals surface area (Å²) in [6.45, 7) is 3.72. The number of benzene rings is 1. The molecule has 2 aromatic heterocycles. The van der Waals surface area contributed by atoms with Crippen LogP contribution in [0.4, 0.5) is 17.3 Å². The Labute approximate surface area is 184 Å². The molecular formula is C22H22N6O4. The molecule has 2 aliphatic heterocycles. The molecule has 4 heterocycles. The van der Waals surface area contributed by atoms with Crippen molar-refractivity contribution in [2.24, 2.45) is 0 Å². The highest BCUT2D eigenvalue weighted by Gasteiger charge is 2.34. The summed E-state index contributed by atoms with van der Waals surface area (Å²) in [5.74, 6) is -0.196. The van der Waals surface area contributed by atoms with E-state index in [-0.39, 0.29) is 17.7 Å². The van der Waals surface area contributed by atoms with E-state index in [2.05, 4.69) is 25.5 Å². The number of hydrogen-bond donors (Lipinski definition) is 2. The molecule has 2 aliphatic rings. The minimum atomic E-state index is -0.512. The van der Waals surface area contributed by atoms with E-state index in [1.54, 1.807) is 18.5 Å². The lowest BCUT2D eigenvalue weighted by atomic mass is 10.1. The highest BCUT2D eigenvalue weighted by molar-refractivity contribution is 6.11. The third kappa shape index (κ3) is 3.54. The van der Waals surface area contributed by atoms with E-state index >= 15 is 0 Å². The Kier molecular flexibility index (Phi) is 5.20. The van der Waals surface area contributed by atoms with Crippen molar-refractivity contribution < 1.29 is 18.7 Å². The van der Waals surface area contributed by atoms with E-state index in [0.29, 0.717) is 23.5 Å². The van der Waals surface area contributed by atoms with Crippen LogP contribution in [0.3, 0.4) is 0 Å². The Bertz CT molecular complexity index is 1170. The fraction of sp³-hybridized carbons (Fsp3) is 0.273. The molecule has 0 aliphatic carbocycles. The molecular weight excluding hydrogens is 412 g/mol. The number of carbonyl (C=O) groups excluding carboxylic acids is 2. The molecule has 1 saturated heterocycles. The third-order valence-electron chi connectivity index (χ3n) is 5.58. The first-order valence-corrected chi connectivity index (χ1v) is 10.3. The zero-order valence-corrected chi connectivity index (χ0v) is 17.5. The molecule has 10 heteroatoms. The van der Waals surface area contributed by atoms with Crippen molar-refractivity contribution in [3.05, 3.63) is 59.9 Å². The first-order chi connectivity index (χ1) is 15.7. The number of piperazine rings is 1. The number of nitrogens with zero attached hydrogens (tertiary/aromatic N) is 4. The van der Waals surface area contributed by atoms with Crippen LogP contribution in [-0.4, -0.2) is 55.1 Å². The lowest BCUT2D eigenvalue weighted by Crippen LogP contribution is -2.43. The van der Waals surface area contributed by atoms with Crippen molar-refractivity contribution in [2.75, 3.05) is 48.4 Å². The van der Waals surface area contributed by atoms with E-state index in [4.69, 9.17) is 9.15 Å². The standard InChI is InChI=1S/C22H22N6O4/c1-31-17-4-2-3-14-13-28(22(30)19(14)17)18-12-25-21(32-18)20(29)26-15-11-24-6-5-16(15)27-9-7-23-8-10-27/h2-6,11-12,23H,7-10,13H2,1H3,(H,26,29). The van der Waals surface area contributed by atoms with Crippen molar-refractivity contribution in [2.45, 2.75) is 6.54 Å². The summed E-state index contributed by atoms with van der Waals surface area (Å²) in [6.07, 6.45) is 4.68. The molecule has 0 saturated carbocycles. The van der Waals surface area contributed by atoms with Gasteiger partial charge >= 0.3 is 5.91 Å². The summed E-state index contributed by atoms with van der Waals surface area (Å²) in [7, 11) is 1.52. The fourth-order valence-corrected chi connectivity index (χ4v) is 4.01. The summed E-state index contributed by atoms with van der Waals surface area (Å²) in [6, 6.07) is 7.30. The van der Waals surface area contributed by atoms with Crippen LogP contribution in [0, 0.1) is 0 Å². The maximum atomic E-state index is 12.9. The number of anilines is 3. The quantitative estimate of drug-likeness (QED) is 0.626. The maximum absolute atomic E-state index is 12.9. The van der Waals surface area contributed by atoms with Gasteiger partial charge in [-0.05, 0) is 17.7 Å². The molecule has 164 valence electrons. The van der Waals surface area contributed by atoms with Crippen molar-refractivity contribution in [1.82, 2.24) is 15.3 Å². The monoisotopic (exact) mass is 434 g/mol. The first kappa shape index (κ1) is 20.0. The van der Waals surface area contributed by atoms with Gasteiger partial charge in [0.25, 0.3) is 11.8 Å². The zero-order chi connectivity index (χ0) is 22.1. The fourth-order valence-electron chi connectivity index (χ4n) is 4.01. The lowest BCUT2D eigenvalue weighted by Gasteiger charge is -2.30. The first-order valence-electron chi connectivity index (χ1n) is 10.3. The predicted molar refractivity (Wildman–Crippen MR) is 117 cm³/mol. The SMILES string of the molecule is COc1cccc2c1C(=O)N(c1cnc(C(=O)Nc3cnccc3N3CCNCC3)o1)C2. The van der Waals surface area contributed by atoms with Crippen LogP contribution in [0.5, 0.6) is 5.75 Å². The Hall–Kier alpha value is -3.92. The number of amides is 2. The largest absolute Gasteiger partial charge is 0.496 e. The average Bonchev–Trinajstić information content (AvgIpc) is 3.45. The summed E-state index contributed by atoms with van der Waals surface area (Å²) in [4.78, 5) is 37.6. The highest BCUT2D eigenvalue weighted by Crippen LogP contribution is 2.34. The smallest absolute Gasteiger partial charge is 0.311 e. The molecule has 0 radical (unpaired) electrons. The van der Waals surface area contributed by atoms with Crippen LogP contribution < -0.4 is 25.2 Å². The van der Waals surface area contributed by atoms with Crippen LogP contribution in [0.15, 0.2) is 47.3 Å². The van der Waals surface area contributed by atoms with Crippen LogP contribution in [0.2, 0.25) is 0 Å². The van der Waals surface area contributed by atoms with Gasteiger partial charge in [0.2, 0.25) is 5.88 Å². The maximum Gasteiger partial charge on any atom is 0.311 e. The molecule has 2 N–H and O–H groups in total. The van der Waals surface area contributed by atoms with Gasteiger partial charge in [-0.1, -0.05) is 12.1 Å². The Morgan fingerprint density at radius 2 is 2.06 bits per heavy atom. The van der Waals surface area contributed by atoms with Gasteiger partial charge < -0.3 is 24.7 Å². The van der Waals surface area contributed by atoms with Crippen molar-refractivity contribution >= 4 is 29.1 Å². The van der Waals surface area contributed by atoms with E-state index in [1.165, 1.54) is 18.2 Å². The minimum absolute atomic E-state index is 0.133. The normalized spacial score (nSPS) is 15.6. The Balaban J connectivity index is 1.34. The number of rotatable bonds is 5. The number of carbonyl (C=O) groups is 2. The zero-order valence-electron chi connectivity index (χ0n) is 17.5. The van der Waals surface area contributed by atoms with Crippen molar-refractivity contribution in [3.8, 4) is 5.75 Å². The molecule has 0 spiro atoms. The van der Waals surface area contributed by atoms with Crippen LogP contribution in [0.1, 0.15) is 26.6 Å². The van der Waals surface area contributed by atoms with Crippen molar-refractivity contribution in [3.63, 3.8) is 0 Å². The molecule has 0 unspecified atom stereocenters. The van der Waals surface area contributed by atoms with Crippen LogP contribution >= 0.6 is 0 Å². The Morgan fingerprint density at radius 3 is 2.88 bits per heavy atom. The number of oxazole rings is 1. The van der Waals surface area contributed by atoms with Gasteiger partial charge in [0, 0.05) is 32.4 Å².